The van der Waals surface area contributed by atoms with Gasteiger partial charge in [0.1, 0.15) is 0 Å². The molecule has 0 amide bonds. The van der Waals surface area contributed by atoms with Gasteiger partial charge in [-0.2, -0.15) is 0 Å². The van der Waals surface area contributed by atoms with Crippen LogP contribution in [0.4, 0.5) is 5.69 Å². The van der Waals surface area contributed by atoms with Crippen LogP contribution < -0.4 is 10.5 Å². The smallest absolute Gasteiger partial charge is 0.300 e. The average molecular weight is 262 g/mol. The van der Waals surface area contributed by atoms with Gasteiger partial charge in [0, 0.05) is 19.2 Å². The third-order valence-corrected chi connectivity index (χ3v) is 1.82. The number of thiol groups is 1. The lowest BCUT2D eigenvalue weighted by Crippen LogP contribution is -1.99. The lowest BCUT2D eigenvalue weighted by molar-refractivity contribution is -0.134. The van der Waals surface area contributed by atoms with E-state index >= 15 is 0 Å². The maximum Gasteiger partial charge on any atom is 0.300 e. The summed E-state index contributed by atoms with van der Waals surface area (Å²) in [5.74, 6) is -0.833. The first kappa shape index (κ1) is 17.8. The Hall–Kier alpha value is -1.60. The number of carbonyl (C=O) groups is 1. The van der Waals surface area contributed by atoms with Gasteiger partial charge in [-0.1, -0.05) is 19.6 Å². The summed E-state index contributed by atoms with van der Waals surface area (Å²) in [5, 5.41) is 7.42. The van der Waals surface area contributed by atoms with Gasteiger partial charge in [0.2, 0.25) is 10.9 Å². The lowest BCUT2D eigenvalue weighted by atomic mass is 10.2. The number of rotatable bonds is 3. The summed E-state index contributed by atoms with van der Waals surface area (Å²) >= 11 is 0. The molecule has 0 fully saturated rings. The number of carboxylic acids is 1. The number of benzene rings is 1. The number of nitrogens with two attached hydrogens (primary N) is 1. The van der Waals surface area contributed by atoms with E-state index in [-0.39, 0.29) is 7.43 Å². The van der Waals surface area contributed by atoms with Gasteiger partial charge in [0.15, 0.2) is 0 Å². The number of carboxylic acid groups (broad SMARTS) is 1. The fourth-order valence-corrected chi connectivity index (χ4v) is 1.22. The molecule has 0 saturated carbocycles. The van der Waals surface area contributed by atoms with Gasteiger partial charge in [-0.05, 0) is 17.7 Å². The van der Waals surface area contributed by atoms with Crippen molar-refractivity contribution in [3.63, 3.8) is 0 Å². The molecule has 0 aliphatic carbocycles. The number of hydrogen-bond donors (Lipinski definition) is 4. The Balaban J connectivity index is 0. The van der Waals surface area contributed by atoms with Crippen molar-refractivity contribution in [3.8, 4) is 0 Å². The Morgan fingerprint density at radius 2 is 2.00 bits per heavy atom. The van der Waals surface area contributed by atoms with E-state index in [2.05, 4.69) is 4.72 Å². The molecular formula is C10H18N2O4S. The second-order valence-electron chi connectivity index (χ2n) is 2.79. The minimum absolute atomic E-state index is 0. The molecule has 98 valence electrons. The van der Waals surface area contributed by atoms with E-state index in [4.69, 9.17) is 15.6 Å². The third-order valence-electron chi connectivity index (χ3n) is 1.38. The van der Waals surface area contributed by atoms with Gasteiger partial charge in [0.05, 0.1) is 0 Å². The molecule has 7 heteroatoms. The van der Waals surface area contributed by atoms with Gasteiger partial charge < -0.3 is 10.8 Å². The van der Waals surface area contributed by atoms with E-state index in [0.717, 1.165) is 12.5 Å². The summed E-state index contributed by atoms with van der Waals surface area (Å²) in [6.45, 7) is 1.49. The van der Waals surface area contributed by atoms with Gasteiger partial charge >= 0.3 is 0 Å². The Bertz CT molecular complexity index is 407. The number of anilines is 1. The second-order valence-corrected chi connectivity index (χ2v) is 3.53. The zero-order valence-electron chi connectivity index (χ0n) is 8.71. The maximum atomic E-state index is 10.3. The van der Waals surface area contributed by atoms with Crippen molar-refractivity contribution in [3.05, 3.63) is 29.8 Å². The molecular weight excluding hydrogens is 244 g/mol. The van der Waals surface area contributed by atoms with E-state index in [0.29, 0.717) is 12.2 Å². The van der Waals surface area contributed by atoms with Crippen molar-refractivity contribution >= 4 is 22.5 Å². The first-order chi connectivity index (χ1) is 7.45. The molecule has 1 rings (SSSR count). The summed E-state index contributed by atoms with van der Waals surface area (Å²) in [5.41, 5.74) is 6.82. The molecule has 6 nitrogen and oxygen atoms in total. The Morgan fingerprint density at radius 1 is 1.47 bits per heavy atom. The monoisotopic (exact) mass is 262 g/mol. The summed E-state index contributed by atoms with van der Waals surface area (Å²) in [6, 6.07) is 6.96. The van der Waals surface area contributed by atoms with E-state index in [1.54, 1.807) is 18.2 Å². The molecule has 0 bridgehead atoms. The van der Waals surface area contributed by atoms with Crippen LogP contribution in [0.1, 0.15) is 19.9 Å². The molecule has 0 saturated heterocycles. The maximum absolute atomic E-state index is 10.3. The largest absolute Gasteiger partial charge is 0.481 e. The van der Waals surface area contributed by atoms with Crippen LogP contribution in [0, 0.1) is 0 Å². The molecule has 0 radical (unpaired) electrons. The fourth-order valence-electron chi connectivity index (χ4n) is 0.873. The van der Waals surface area contributed by atoms with Gasteiger partial charge in [-0.15, -0.1) is 0 Å². The third kappa shape index (κ3) is 10.7. The predicted molar refractivity (Wildman–Crippen MR) is 68.3 cm³/mol. The average Bonchev–Trinajstić information content (AvgIpc) is 2.16. The number of aliphatic carboxylic acids is 1. The summed E-state index contributed by atoms with van der Waals surface area (Å²) in [4.78, 5) is 9.00. The Morgan fingerprint density at radius 3 is 2.41 bits per heavy atom. The van der Waals surface area contributed by atoms with Crippen LogP contribution in [-0.2, 0) is 22.2 Å². The van der Waals surface area contributed by atoms with Gasteiger partial charge in [0.25, 0.3) is 5.97 Å². The van der Waals surface area contributed by atoms with Crippen molar-refractivity contribution in [2.45, 2.75) is 20.9 Å². The first-order valence-corrected chi connectivity index (χ1v) is 5.53. The van der Waals surface area contributed by atoms with Crippen molar-refractivity contribution in [2.24, 2.45) is 5.73 Å². The highest BCUT2D eigenvalue weighted by molar-refractivity contribution is 7.73. The standard InChI is InChI=1S/C7H10N2O2S.C2H4O2.CH4/c8-5-6-2-1-3-7(4-6)9-12(10)11;1-2(3)4;/h1-4,12H,5,8H2,(H,9,10,11);1H3,(H,3,4);1H4. The highest BCUT2D eigenvalue weighted by atomic mass is 32.2. The highest BCUT2D eigenvalue weighted by Gasteiger charge is 1.92. The SMILES string of the molecule is C.CC(=O)O.NCc1cccc(N[SH](=O)=O)c1. The minimum Gasteiger partial charge on any atom is -0.481 e. The lowest BCUT2D eigenvalue weighted by Gasteiger charge is -2.00. The number of nitrogens with one attached hydrogen (secondary N) is 1. The molecule has 4 N–H and O–H groups in total. The molecule has 0 spiro atoms. The summed E-state index contributed by atoms with van der Waals surface area (Å²) in [7, 11) is -2.58. The Labute approximate surface area is 103 Å². The Kier molecular flexibility index (Phi) is 10.1. The molecule has 1 aromatic rings. The zero-order chi connectivity index (χ0) is 12.6. The zero-order valence-corrected chi connectivity index (χ0v) is 9.61. The summed E-state index contributed by atoms with van der Waals surface area (Å²) in [6.07, 6.45) is 0. The van der Waals surface area contributed by atoms with Crippen LogP contribution in [0.5, 0.6) is 0 Å². The first-order valence-electron chi connectivity index (χ1n) is 4.35. The van der Waals surface area contributed by atoms with Crippen LogP contribution in [-0.4, -0.2) is 19.5 Å². The minimum atomic E-state index is -2.58. The van der Waals surface area contributed by atoms with Crippen molar-refractivity contribution in [2.75, 3.05) is 4.72 Å². The molecule has 0 atom stereocenters. The molecule has 0 aliphatic heterocycles. The van der Waals surface area contributed by atoms with Crippen molar-refractivity contribution in [1.82, 2.24) is 0 Å². The molecule has 0 aliphatic rings. The predicted octanol–water partition coefficient (Wildman–Crippen LogP) is 0.811. The van der Waals surface area contributed by atoms with E-state index in [9.17, 15) is 8.42 Å². The van der Waals surface area contributed by atoms with Crippen LogP contribution in [0.3, 0.4) is 0 Å². The van der Waals surface area contributed by atoms with Gasteiger partial charge in [-0.25, -0.2) is 8.42 Å². The topological polar surface area (TPSA) is 109 Å². The number of hydrogen-bond acceptors (Lipinski definition) is 4. The molecule has 1 aromatic carbocycles. The van der Waals surface area contributed by atoms with E-state index < -0.39 is 16.9 Å². The van der Waals surface area contributed by atoms with E-state index in [1.165, 1.54) is 0 Å². The normalized spacial score (nSPS) is 8.65. The van der Waals surface area contributed by atoms with Crippen molar-refractivity contribution in [1.29, 1.82) is 0 Å². The molecule has 0 aromatic heterocycles. The quantitative estimate of drug-likeness (QED) is 0.603. The second kappa shape index (κ2) is 9.61. The molecule has 0 unspecified atom stereocenters. The van der Waals surface area contributed by atoms with Crippen LogP contribution in [0.2, 0.25) is 0 Å². The van der Waals surface area contributed by atoms with Gasteiger partial charge in [-0.3, -0.25) is 9.52 Å². The van der Waals surface area contributed by atoms with E-state index in [1.807, 2.05) is 6.07 Å². The summed E-state index contributed by atoms with van der Waals surface area (Å²) < 4.78 is 22.8. The molecule has 0 heterocycles. The highest BCUT2D eigenvalue weighted by Crippen LogP contribution is 2.09. The van der Waals surface area contributed by atoms with Crippen LogP contribution >= 0.6 is 0 Å². The van der Waals surface area contributed by atoms with Crippen LogP contribution in [0.15, 0.2) is 24.3 Å². The molecule has 17 heavy (non-hydrogen) atoms. The van der Waals surface area contributed by atoms with Crippen molar-refractivity contribution < 1.29 is 18.3 Å². The van der Waals surface area contributed by atoms with Crippen LogP contribution in [0.25, 0.3) is 0 Å². The fraction of sp³-hybridized carbons (Fsp3) is 0.300.